The van der Waals surface area contributed by atoms with Crippen molar-refractivity contribution in [3.63, 3.8) is 0 Å². The second-order valence-corrected chi connectivity index (χ2v) is 10.00. The average Bonchev–Trinajstić information content (AvgIpc) is 3.44. The molecule has 0 aromatic heterocycles. The second-order valence-electron chi connectivity index (χ2n) is 10.00. The van der Waals surface area contributed by atoms with Crippen molar-refractivity contribution < 1.29 is 14.6 Å². The van der Waals surface area contributed by atoms with E-state index >= 15 is 0 Å². The highest BCUT2D eigenvalue weighted by atomic mass is 35.5. The topological polar surface area (TPSA) is 49.8 Å². The lowest BCUT2D eigenvalue weighted by Crippen LogP contribution is -2.28. The summed E-state index contributed by atoms with van der Waals surface area (Å²) < 4.78 is 6.00. The number of fused-ring (bicyclic) bond motifs is 3. The molecule has 34 heavy (non-hydrogen) atoms. The fourth-order valence-electron chi connectivity index (χ4n) is 6.11. The van der Waals surface area contributed by atoms with Gasteiger partial charge in [0.2, 0.25) is 0 Å². The zero-order chi connectivity index (χ0) is 22.8. The van der Waals surface area contributed by atoms with Gasteiger partial charge in [0.15, 0.2) is 5.78 Å². The van der Waals surface area contributed by atoms with E-state index < -0.39 is 0 Å². The highest BCUT2D eigenvalue weighted by Gasteiger charge is 2.46. The van der Waals surface area contributed by atoms with E-state index in [0.717, 1.165) is 61.1 Å². The third-order valence-electron chi connectivity index (χ3n) is 7.80. The molecule has 0 bridgehead atoms. The number of ether oxygens (including phenoxy) is 1. The van der Waals surface area contributed by atoms with Crippen LogP contribution in [0, 0.1) is 5.41 Å². The molecule has 1 heterocycles. The number of unbranched alkanes of at least 4 members (excludes halogenated alkanes) is 1. The zero-order valence-electron chi connectivity index (χ0n) is 20.1. The molecular weight excluding hydrogens is 446 g/mol. The number of Topliss-reactive ketones (excluding diaryl/α,β-unsaturated/α-hetero) is 1. The predicted molar refractivity (Wildman–Crippen MR) is 140 cm³/mol. The SMILES string of the molecule is CCCCC12CCC(=O)C(c3ccc(OCCN4CCCC4)cc3)=C1c1ccc(O)cc1C2.Cl. The van der Waals surface area contributed by atoms with E-state index in [1.165, 1.54) is 37.1 Å². The van der Waals surface area contributed by atoms with Crippen LogP contribution in [0.5, 0.6) is 11.5 Å². The van der Waals surface area contributed by atoms with Gasteiger partial charge in [-0.3, -0.25) is 9.69 Å². The van der Waals surface area contributed by atoms with Crippen molar-refractivity contribution in [2.24, 2.45) is 5.41 Å². The van der Waals surface area contributed by atoms with Gasteiger partial charge >= 0.3 is 0 Å². The summed E-state index contributed by atoms with van der Waals surface area (Å²) in [6.07, 6.45) is 8.38. The summed E-state index contributed by atoms with van der Waals surface area (Å²) in [6.45, 7) is 6.26. The number of phenolic OH excluding ortho intramolecular Hbond substituents is 1. The molecular formula is C29H36ClNO3. The molecule has 0 saturated carbocycles. The Hall–Kier alpha value is -2.30. The number of hydrogen-bond donors (Lipinski definition) is 1. The van der Waals surface area contributed by atoms with E-state index in [2.05, 4.69) is 24.0 Å². The molecule has 5 heteroatoms. The number of ketones is 1. The molecule has 2 aliphatic carbocycles. The summed E-state index contributed by atoms with van der Waals surface area (Å²) >= 11 is 0. The quantitative estimate of drug-likeness (QED) is 0.481. The first-order valence-corrected chi connectivity index (χ1v) is 12.7. The van der Waals surface area contributed by atoms with Gasteiger partial charge in [0, 0.05) is 24.0 Å². The molecule has 2 aromatic carbocycles. The molecule has 0 radical (unpaired) electrons. The van der Waals surface area contributed by atoms with Crippen molar-refractivity contribution >= 4 is 29.3 Å². The summed E-state index contributed by atoms with van der Waals surface area (Å²) in [5.41, 5.74) is 5.41. The summed E-state index contributed by atoms with van der Waals surface area (Å²) in [5, 5.41) is 10.1. The molecule has 1 unspecified atom stereocenters. The van der Waals surface area contributed by atoms with Crippen LogP contribution in [0.2, 0.25) is 0 Å². The number of halogens is 1. The monoisotopic (exact) mass is 481 g/mol. The Morgan fingerprint density at radius 2 is 1.85 bits per heavy atom. The molecule has 1 saturated heterocycles. The zero-order valence-corrected chi connectivity index (χ0v) is 21.0. The molecule has 1 fully saturated rings. The summed E-state index contributed by atoms with van der Waals surface area (Å²) in [6, 6.07) is 13.8. The van der Waals surface area contributed by atoms with Crippen LogP contribution in [0.3, 0.4) is 0 Å². The van der Waals surface area contributed by atoms with Gasteiger partial charge in [-0.25, -0.2) is 0 Å². The summed E-state index contributed by atoms with van der Waals surface area (Å²) in [4.78, 5) is 15.7. The molecule has 4 nitrogen and oxygen atoms in total. The average molecular weight is 482 g/mol. The molecule has 1 atom stereocenters. The van der Waals surface area contributed by atoms with Gasteiger partial charge in [0.25, 0.3) is 0 Å². The van der Waals surface area contributed by atoms with Gasteiger partial charge in [-0.05, 0) is 91.7 Å². The van der Waals surface area contributed by atoms with E-state index in [1.807, 2.05) is 24.3 Å². The van der Waals surface area contributed by atoms with Crippen LogP contribution in [-0.2, 0) is 11.2 Å². The number of carbonyl (C=O) groups excluding carboxylic acids is 1. The fourth-order valence-corrected chi connectivity index (χ4v) is 6.11. The number of likely N-dealkylation sites (tertiary alicyclic amines) is 1. The fraction of sp³-hybridized carbons (Fsp3) is 0.483. The third kappa shape index (κ3) is 4.76. The number of hydrogen-bond acceptors (Lipinski definition) is 4. The number of aromatic hydroxyl groups is 1. The third-order valence-corrected chi connectivity index (χ3v) is 7.80. The Morgan fingerprint density at radius 1 is 1.09 bits per heavy atom. The standard InChI is InChI=1S/C29H35NO3.ClH/c1-2-3-13-29-14-12-26(32)27(28(29)25-11-8-23(31)19-22(25)20-29)21-6-9-24(10-7-21)33-18-17-30-15-4-5-16-30;/h6-11,19,31H,2-5,12-18,20H2,1H3;1H. The summed E-state index contributed by atoms with van der Waals surface area (Å²) in [7, 11) is 0. The summed E-state index contributed by atoms with van der Waals surface area (Å²) in [5.74, 6) is 1.41. The van der Waals surface area contributed by atoms with Gasteiger partial charge in [-0.2, -0.15) is 0 Å². The molecule has 0 spiro atoms. The molecule has 5 rings (SSSR count). The van der Waals surface area contributed by atoms with Crippen LogP contribution in [0.25, 0.3) is 11.1 Å². The van der Waals surface area contributed by atoms with Crippen LogP contribution < -0.4 is 4.74 Å². The Kier molecular flexibility index (Phi) is 7.69. The lowest BCUT2D eigenvalue weighted by Gasteiger charge is -2.36. The first kappa shape index (κ1) is 24.8. The van der Waals surface area contributed by atoms with Gasteiger partial charge in [-0.15, -0.1) is 12.4 Å². The van der Waals surface area contributed by atoms with Crippen molar-refractivity contribution in [2.75, 3.05) is 26.2 Å². The molecule has 1 aliphatic heterocycles. The highest BCUT2D eigenvalue weighted by Crippen LogP contribution is 2.58. The Morgan fingerprint density at radius 3 is 2.59 bits per heavy atom. The number of allylic oxidation sites excluding steroid dienone is 2. The minimum atomic E-state index is 0. The molecule has 1 N–H and O–H groups in total. The van der Waals surface area contributed by atoms with E-state index in [4.69, 9.17) is 4.74 Å². The number of carbonyl (C=O) groups is 1. The second kappa shape index (κ2) is 10.5. The van der Waals surface area contributed by atoms with Gasteiger partial charge < -0.3 is 9.84 Å². The smallest absolute Gasteiger partial charge is 0.163 e. The van der Waals surface area contributed by atoms with Crippen molar-refractivity contribution in [1.29, 1.82) is 0 Å². The maximum absolute atomic E-state index is 13.3. The van der Waals surface area contributed by atoms with Gasteiger partial charge in [0.1, 0.15) is 18.1 Å². The normalized spacial score (nSPS) is 21.9. The Bertz CT molecular complexity index is 1060. The van der Waals surface area contributed by atoms with Crippen LogP contribution in [0.1, 0.15) is 68.6 Å². The number of phenols is 1. The first-order valence-electron chi connectivity index (χ1n) is 12.7. The van der Waals surface area contributed by atoms with Crippen LogP contribution in [0.4, 0.5) is 0 Å². The van der Waals surface area contributed by atoms with E-state index in [9.17, 15) is 9.90 Å². The van der Waals surface area contributed by atoms with Crippen LogP contribution in [-0.4, -0.2) is 42.0 Å². The van der Waals surface area contributed by atoms with E-state index in [-0.39, 0.29) is 23.6 Å². The molecule has 0 amide bonds. The van der Waals surface area contributed by atoms with Crippen molar-refractivity contribution in [1.82, 2.24) is 4.90 Å². The van der Waals surface area contributed by atoms with E-state index in [1.54, 1.807) is 6.07 Å². The van der Waals surface area contributed by atoms with Crippen LogP contribution in [0.15, 0.2) is 42.5 Å². The lowest BCUT2D eigenvalue weighted by molar-refractivity contribution is -0.114. The molecule has 3 aliphatic rings. The maximum atomic E-state index is 13.3. The minimum Gasteiger partial charge on any atom is -0.508 e. The van der Waals surface area contributed by atoms with E-state index in [0.29, 0.717) is 18.8 Å². The lowest BCUT2D eigenvalue weighted by atomic mass is 9.66. The Balaban J connectivity index is 0.00000274. The predicted octanol–water partition coefficient (Wildman–Crippen LogP) is 6.30. The molecule has 182 valence electrons. The van der Waals surface area contributed by atoms with Gasteiger partial charge in [0.05, 0.1) is 0 Å². The number of nitrogens with zero attached hydrogens (tertiary/aromatic N) is 1. The first-order chi connectivity index (χ1) is 16.1. The van der Waals surface area contributed by atoms with Crippen molar-refractivity contribution in [3.05, 3.63) is 59.2 Å². The number of rotatable bonds is 8. The molecule has 2 aromatic rings. The largest absolute Gasteiger partial charge is 0.508 e. The van der Waals surface area contributed by atoms with Crippen molar-refractivity contribution in [2.45, 2.75) is 58.3 Å². The van der Waals surface area contributed by atoms with Gasteiger partial charge in [-0.1, -0.05) is 38.0 Å². The van der Waals surface area contributed by atoms with Crippen molar-refractivity contribution in [3.8, 4) is 11.5 Å². The maximum Gasteiger partial charge on any atom is 0.163 e. The Labute approximate surface area is 209 Å². The number of benzene rings is 2. The highest BCUT2D eigenvalue weighted by molar-refractivity contribution is 6.30. The van der Waals surface area contributed by atoms with Crippen LogP contribution >= 0.6 is 12.4 Å². The minimum absolute atomic E-state index is 0.